The fourth-order valence-electron chi connectivity index (χ4n) is 1.65. The van der Waals surface area contributed by atoms with Crippen molar-refractivity contribution in [2.45, 2.75) is 32.4 Å². The van der Waals surface area contributed by atoms with Gasteiger partial charge >= 0.3 is 0 Å². The van der Waals surface area contributed by atoms with Crippen LogP contribution in [0.15, 0.2) is 18.2 Å². The van der Waals surface area contributed by atoms with Gasteiger partial charge in [-0.3, -0.25) is 0 Å². The third kappa shape index (κ3) is 6.36. The summed E-state index contributed by atoms with van der Waals surface area (Å²) in [5.41, 5.74) is 2.25. The van der Waals surface area contributed by atoms with E-state index in [1.54, 1.807) is 7.11 Å². The molecule has 0 aliphatic carbocycles. The summed E-state index contributed by atoms with van der Waals surface area (Å²) in [5, 5.41) is 8.79. The molecule has 1 N–H and O–H groups in total. The Balaban J connectivity index is 2.71. The molecule has 3 heteroatoms. The molecule has 2 nitrogen and oxygen atoms in total. The first-order valence-corrected chi connectivity index (χ1v) is 8.17. The Labute approximate surface area is 126 Å². The molecule has 0 amide bonds. The second kappa shape index (κ2) is 9.74. The molecule has 1 aromatic rings. The van der Waals surface area contributed by atoms with Crippen molar-refractivity contribution in [2.24, 2.45) is 5.92 Å². The zero-order valence-electron chi connectivity index (χ0n) is 12.6. The molecule has 0 aliphatic rings. The van der Waals surface area contributed by atoms with E-state index in [9.17, 15) is 0 Å². The van der Waals surface area contributed by atoms with E-state index in [-0.39, 0.29) is 6.61 Å². The molecule has 110 valence electrons. The van der Waals surface area contributed by atoms with Crippen molar-refractivity contribution in [1.82, 2.24) is 0 Å². The number of thioether (sulfide) groups is 1. The van der Waals surface area contributed by atoms with E-state index in [1.807, 2.05) is 23.9 Å². The van der Waals surface area contributed by atoms with Crippen molar-refractivity contribution in [3.63, 3.8) is 0 Å². The summed E-state index contributed by atoms with van der Waals surface area (Å²) in [4.78, 5) is 0. The predicted octanol–water partition coefficient (Wildman–Crippen LogP) is 3.71. The Morgan fingerprint density at radius 1 is 1.35 bits per heavy atom. The summed E-state index contributed by atoms with van der Waals surface area (Å²) in [6, 6.07) is 6.00. The molecule has 0 saturated carbocycles. The molecule has 0 radical (unpaired) electrons. The van der Waals surface area contributed by atoms with E-state index in [0.29, 0.717) is 6.42 Å². The maximum absolute atomic E-state index is 8.79. The Bertz CT molecular complexity index is 458. The molecule has 0 aliphatic heterocycles. The number of ether oxygens (including phenoxy) is 1. The maximum atomic E-state index is 8.79. The molecule has 0 aromatic heterocycles. The van der Waals surface area contributed by atoms with Gasteiger partial charge in [-0.25, -0.2) is 0 Å². The average molecular weight is 292 g/mol. The van der Waals surface area contributed by atoms with E-state index >= 15 is 0 Å². The molecule has 0 spiro atoms. The van der Waals surface area contributed by atoms with Gasteiger partial charge in [0.1, 0.15) is 5.75 Å². The minimum atomic E-state index is 0.113. The van der Waals surface area contributed by atoms with Crippen molar-refractivity contribution in [3.05, 3.63) is 29.3 Å². The minimum absolute atomic E-state index is 0.113. The number of benzene rings is 1. The first-order chi connectivity index (χ1) is 9.67. The molecule has 0 bridgehead atoms. The monoisotopic (exact) mass is 292 g/mol. The van der Waals surface area contributed by atoms with Crippen LogP contribution in [0.2, 0.25) is 0 Å². The number of aliphatic hydroxyl groups is 1. The van der Waals surface area contributed by atoms with Crippen molar-refractivity contribution < 1.29 is 9.84 Å². The molecule has 0 unspecified atom stereocenters. The van der Waals surface area contributed by atoms with Crippen LogP contribution in [0.3, 0.4) is 0 Å². The molecule has 1 aromatic carbocycles. The highest BCUT2D eigenvalue weighted by Gasteiger charge is 2.04. The van der Waals surface area contributed by atoms with Crippen LogP contribution in [0.4, 0.5) is 0 Å². The lowest BCUT2D eigenvalue weighted by atomic mass is 10.1. The van der Waals surface area contributed by atoms with Gasteiger partial charge in [-0.1, -0.05) is 25.7 Å². The van der Waals surface area contributed by atoms with E-state index in [2.05, 4.69) is 31.8 Å². The van der Waals surface area contributed by atoms with Gasteiger partial charge in [0.05, 0.1) is 13.7 Å². The standard InChI is InChI=1S/C17H24O2S/c1-14(2)9-11-20-13-16-12-17(19-3)8-7-15(16)6-4-5-10-18/h7-8,12,14,18H,5,9-11,13H2,1-3H3. The number of hydrogen-bond acceptors (Lipinski definition) is 3. The predicted molar refractivity (Wildman–Crippen MR) is 87.2 cm³/mol. The smallest absolute Gasteiger partial charge is 0.119 e. The fraction of sp³-hybridized carbons (Fsp3) is 0.529. The molecule has 0 fully saturated rings. The summed E-state index contributed by atoms with van der Waals surface area (Å²) < 4.78 is 5.28. The van der Waals surface area contributed by atoms with Crippen LogP contribution in [0, 0.1) is 17.8 Å². The minimum Gasteiger partial charge on any atom is -0.497 e. The highest BCUT2D eigenvalue weighted by atomic mass is 32.2. The summed E-state index contributed by atoms with van der Waals surface area (Å²) in [6.07, 6.45) is 1.76. The van der Waals surface area contributed by atoms with E-state index in [1.165, 1.54) is 17.7 Å². The molecule has 0 heterocycles. The second-order valence-electron chi connectivity index (χ2n) is 5.03. The maximum Gasteiger partial charge on any atom is 0.119 e. The topological polar surface area (TPSA) is 29.5 Å². The van der Waals surface area contributed by atoms with E-state index < -0.39 is 0 Å². The summed E-state index contributed by atoms with van der Waals surface area (Å²) in [6.45, 7) is 4.61. The molecule has 1 rings (SSSR count). The summed E-state index contributed by atoms with van der Waals surface area (Å²) >= 11 is 1.93. The van der Waals surface area contributed by atoms with Crippen molar-refractivity contribution >= 4 is 11.8 Å². The van der Waals surface area contributed by atoms with Gasteiger partial charge in [0.25, 0.3) is 0 Å². The van der Waals surface area contributed by atoms with Gasteiger partial charge in [-0.05, 0) is 41.9 Å². The van der Waals surface area contributed by atoms with E-state index in [0.717, 1.165) is 23.0 Å². The Hall–Kier alpha value is -1.11. The van der Waals surface area contributed by atoms with Crippen LogP contribution in [0.1, 0.15) is 37.8 Å². The SMILES string of the molecule is COc1ccc(C#CCCO)c(CSCCC(C)C)c1. The van der Waals surface area contributed by atoms with Gasteiger partial charge in [0.15, 0.2) is 0 Å². The van der Waals surface area contributed by atoms with Crippen molar-refractivity contribution in [1.29, 1.82) is 0 Å². The first-order valence-electron chi connectivity index (χ1n) is 7.01. The molecule has 0 atom stereocenters. The average Bonchev–Trinajstić information content (AvgIpc) is 2.44. The number of rotatable bonds is 7. The normalized spacial score (nSPS) is 10.2. The number of hydrogen-bond donors (Lipinski definition) is 1. The van der Waals surface area contributed by atoms with Gasteiger partial charge < -0.3 is 9.84 Å². The molecule has 20 heavy (non-hydrogen) atoms. The van der Waals surface area contributed by atoms with Crippen LogP contribution >= 0.6 is 11.8 Å². The third-order valence-electron chi connectivity index (χ3n) is 2.87. The van der Waals surface area contributed by atoms with Crippen LogP contribution in [0.25, 0.3) is 0 Å². The van der Waals surface area contributed by atoms with Gasteiger partial charge in [-0.2, -0.15) is 11.8 Å². The Morgan fingerprint density at radius 3 is 2.80 bits per heavy atom. The van der Waals surface area contributed by atoms with Crippen molar-refractivity contribution in [2.75, 3.05) is 19.5 Å². The van der Waals surface area contributed by atoms with Crippen LogP contribution in [-0.4, -0.2) is 24.6 Å². The fourth-order valence-corrected chi connectivity index (χ4v) is 2.89. The highest BCUT2D eigenvalue weighted by Crippen LogP contribution is 2.23. The van der Waals surface area contributed by atoms with Crippen LogP contribution < -0.4 is 4.74 Å². The number of methoxy groups -OCH3 is 1. The number of aliphatic hydroxyl groups excluding tert-OH is 1. The van der Waals surface area contributed by atoms with E-state index in [4.69, 9.17) is 9.84 Å². The lowest BCUT2D eigenvalue weighted by Crippen LogP contribution is -1.94. The quantitative estimate of drug-likeness (QED) is 0.613. The lowest BCUT2D eigenvalue weighted by Gasteiger charge is -2.08. The molecular formula is C17H24O2S. The highest BCUT2D eigenvalue weighted by molar-refractivity contribution is 7.98. The zero-order chi connectivity index (χ0) is 14.8. The third-order valence-corrected chi connectivity index (χ3v) is 3.91. The summed E-state index contributed by atoms with van der Waals surface area (Å²) in [7, 11) is 1.68. The molecular weight excluding hydrogens is 268 g/mol. The Morgan fingerprint density at radius 2 is 2.15 bits per heavy atom. The van der Waals surface area contributed by atoms with Crippen LogP contribution in [-0.2, 0) is 5.75 Å². The second-order valence-corrected chi connectivity index (χ2v) is 6.14. The van der Waals surface area contributed by atoms with Gasteiger partial charge in [0.2, 0.25) is 0 Å². The largest absolute Gasteiger partial charge is 0.497 e. The van der Waals surface area contributed by atoms with Crippen molar-refractivity contribution in [3.8, 4) is 17.6 Å². The van der Waals surface area contributed by atoms with Gasteiger partial charge in [-0.15, -0.1) is 0 Å². The Kier molecular flexibility index (Phi) is 8.25. The lowest BCUT2D eigenvalue weighted by molar-refractivity contribution is 0.305. The van der Waals surface area contributed by atoms with Crippen LogP contribution in [0.5, 0.6) is 5.75 Å². The molecule has 0 saturated heterocycles. The van der Waals surface area contributed by atoms with Gasteiger partial charge in [0, 0.05) is 17.7 Å². The first kappa shape index (κ1) is 16.9. The zero-order valence-corrected chi connectivity index (χ0v) is 13.4. The summed E-state index contributed by atoms with van der Waals surface area (Å²) in [5.74, 6) is 9.86.